The molecule has 1 fully saturated rings. The number of amides is 1. The highest BCUT2D eigenvalue weighted by molar-refractivity contribution is 5.85. The fraction of sp³-hybridized carbons (Fsp3) is 0.615. The van der Waals surface area contributed by atoms with Gasteiger partial charge in [-0.3, -0.25) is 4.79 Å². The minimum atomic E-state index is -0.559. The first-order valence-electron chi connectivity index (χ1n) is 11.8. The van der Waals surface area contributed by atoms with Gasteiger partial charge in [-0.25, -0.2) is 4.79 Å². The van der Waals surface area contributed by atoms with Crippen LogP contribution in [0.15, 0.2) is 30.5 Å². The summed E-state index contributed by atoms with van der Waals surface area (Å²) in [5.41, 5.74) is 1.39. The van der Waals surface area contributed by atoms with Crippen LogP contribution in [0.2, 0.25) is 0 Å². The van der Waals surface area contributed by atoms with Crippen molar-refractivity contribution >= 4 is 23.0 Å². The highest BCUT2D eigenvalue weighted by Gasteiger charge is 2.29. The maximum atomic E-state index is 13.3. The number of methoxy groups -OCH3 is 1. The molecular formula is C26H38N2O4. The Hall–Kier alpha value is -2.50. The van der Waals surface area contributed by atoms with Crippen molar-refractivity contribution in [3.05, 3.63) is 36.0 Å². The third-order valence-corrected chi connectivity index (χ3v) is 6.30. The van der Waals surface area contributed by atoms with Crippen molar-refractivity contribution < 1.29 is 19.1 Å². The van der Waals surface area contributed by atoms with Crippen LogP contribution in [0.4, 0.5) is 4.79 Å². The molecule has 1 unspecified atom stereocenters. The minimum absolute atomic E-state index is 0.0622. The molecule has 1 aromatic carbocycles. The maximum absolute atomic E-state index is 13.3. The molecule has 1 aliphatic carbocycles. The lowest BCUT2D eigenvalue weighted by Gasteiger charge is -2.34. The smallest absolute Gasteiger partial charge is 0.410 e. The fourth-order valence-electron chi connectivity index (χ4n) is 4.74. The van der Waals surface area contributed by atoms with Gasteiger partial charge in [0.2, 0.25) is 0 Å². The molecule has 6 nitrogen and oxygen atoms in total. The van der Waals surface area contributed by atoms with Crippen LogP contribution < -0.4 is 0 Å². The van der Waals surface area contributed by atoms with Gasteiger partial charge < -0.3 is 18.9 Å². The van der Waals surface area contributed by atoms with Gasteiger partial charge in [0.1, 0.15) is 12.1 Å². The van der Waals surface area contributed by atoms with Gasteiger partial charge in [0.15, 0.2) is 0 Å². The number of hydrogen-bond donors (Lipinski definition) is 0. The van der Waals surface area contributed by atoms with Crippen LogP contribution in [0.3, 0.4) is 0 Å². The maximum Gasteiger partial charge on any atom is 0.410 e. The van der Waals surface area contributed by atoms with E-state index in [0.717, 1.165) is 22.9 Å². The van der Waals surface area contributed by atoms with E-state index in [1.165, 1.54) is 39.2 Å². The zero-order valence-electron chi connectivity index (χ0n) is 20.2. The average Bonchev–Trinajstić information content (AvgIpc) is 3.14. The van der Waals surface area contributed by atoms with E-state index in [0.29, 0.717) is 12.5 Å². The Labute approximate surface area is 191 Å². The lowest BCUT2D eigenvalue weighted by Crippen LogP contribution is -2.42. The van der Waals surface area contributed by atoms with Crippen molar-refractivity contribution in [3.8, 4) is 0 Å². The second kappa shape index (κ2) is 10.4. The third kappa shape index (κ3) is 6.27. The highest BCUT2D eigenvalue weighted by atomic mass is 16.6. The molecule has 1 aromatic heterocycles. The summed E-state index contributed by atoms with van der Waals surface area (Å²) < 4.78 is 12.6. The van der Waals surface area contributed by atoms with Crippen molar-refractivity contribution in [2.75, 3.05) is 7.11 Å². The summed E-state index contributed by atoms with van der Waals surface area (Å²) in [5.74, 6) is 0.356. The first-order chi connectivity index (χ1) is 15.2. The minimum Gasteiger partial charge on any atom is -0.468 e. The Kier molecular flexibility index (Phi) is 7.86. The first kappa shape index (κ1) is 24.1. The van der Waals surface area contributed by atoms with E-state index in [1.807, 2.05) is 60.7 Å². The monoisotopic (exact) mass is 442 g/mol. The van der Waals surface area contributed by atoms with Gasteiger partial charge in [0, 0.05) is 12.2 Å². The summed E-state index contributed by atoms with van der Waals surface area (Å²) >= 11 is 0. The van der Waals surface area contributed by atoms with E-state index in [-0.39, 0.29) is 24.6 Å². The Bertz CT molecular complexity index is 922. The summed E-state index contributed by atoms with van der Waals surface area (Å²) in [4.78, 5) is 27.0. The highest BCUT2D eigenvalue weighted by Crippen LogP contribution is 2.30. The zero-order chi connectivity index (χ0) is 23.3. The number of benzene rings is 1. The number of carbonyl (C=O) groups is 2. The van der Waals surface area contributed by atoms with Crippen molar-refractivity contribution in [3.63, 3.8) is 0 Å². The molecule has 176 valence electrons. The number of aromatic nitrogens is 1. The SMILES string of the molecule is COC(=O)Cn1ccc2cccc(CN(C(=O)OC(C)(C)C)C(C)CC3CCCCC3)c21. The Morgan fingerprint density at radius 2 is 1.88 bits per heavy atom. The second-order valence-electron chi connectivity index (χ2n) is 10.1. The number of para-hydroxylation sites is 1. The summed E-state index contributed by atoms with van der Waals surface area (Å²) in [6, 6.07) is 8.10. The van der Waals surface area contributed by atoms with Crippen molar-refractivity contribution in [2.24, 2.45) is 5.92 Å². The van der Waals surface area contributed by atoms with Gasteiger partial charge in [0.05, 0.1) is 19.2 Å². The Morgan fingerprint density at radius 3 is 2.53 bits per heavy atom. The molecule has 3 rings (SSSR count). The standard InChI is InChI=1S/C26H38N2O4/c1-19(16-20-10-7-6-8-11-20)28(25(30)32-26(2,3)4)17-22-13-9-12-21-14-15-27(24(21)22)18-23(29)31-5/h9,12-15,19-20H,6-8,10-11,16-18H2,1-5H3. The van der Waals surface area contributed by atoms with Crippen molar-refractivity contribution in [1.82, 2.24) is 9.47 Å². The number of hydrogen-bond acceptors (Lipinski definition) is 4. The van der Waals surface area contributed by atoms with E-state index in [2.05, 4.69) is 6.92 Å². The Morgan fingerprint density at radius 1 is 1.16 bits per heavy atom. The lowest BCUT2D eigenvalue weighted by atomic mass is 9.85. The summed E-state index contributed by atoms with van der Waals surface area (Å²) in [6.45, 7) is 8.41. The molecule has 1 saturated carbocycles. The van der Waals surface area contributed by atoms with Crippen LogP contribution in [-0.2, 0) is 27.4 Å². The normalized spacial score (nSPS) is 16.0. The van der Waals surface area contributed by atoms with Crippen LogP contribution in [0.5, 0.6) is 0 Å². The summed E-state index contributed by atoms with van der Waals surface area (Å²) in [6.07, 6.45) is 8.96. The van der Waals surface area contributed by atoms with Gasteiger partial charge in [-0.05, 0) is 57.0 Å². The second-order valence-corrected chi connectivity index (χ2v) is 10.1. The van der Waals surface area contributed by atoms with E-state index < -0.39 is 5.60 Å². The first-order valence-corrected chi connectivity index (χ1v) is 11.8. The van der Waals surface area contributed by atoms with E-state index in [4.69, 9.17) is 9.47 Å². The molecule has 0 bridgehead atoms. The molecule has 32 heavy (non-hydrogen) atoms. The molecule has 0 radical (unpaired) electrons. The number of rotatable bonds is 7. The van der Waals surface area contributed by atoms with Crippen molar-refractivity contribution in [2.45, 2.75) is 91.0 Å². The molecule has 2 aromatic rings. The molecule has 1 heterocycles. The van der Waals surface area contributed by atoms with Gasteiger partial charge >= 0.3 is 12.1 Å². The van der Waals surface area contributed by atoms with Gasteiger partial charge in [0.25, 0.3) is 0 Å². The van der Waals surface area contributed by atoms with E-state index in [1.54, 1.807) is 0 Å². The van der Waals surface area contributed by atoms with E-state index in [9.17, 15) is 9.59 Å². The third-order valence-electron chi connectivity index (χ3n) is 6.30. The lowest BCUT2D eigenvalue weighted by molar-refractivity contribution is -0.141. The van der Waals surface area contributed by atoms with Crippen LogP contribution in [0.1, 0.15) is 71.8 Å². The van der Waals surface area contributed by atoms with Gasteiger partial charge in [-0.1, -0.05) is 50.3 Å². The summed E-state index contributed by atoms with van der Waals surface area (Å²) in [7, 11) is 1.39. The molecule has 1 atom stereocenters. The predicted molar refractivity (Wildman–Crippen MR) is 126 cm³/mol. The number of carbonyl (C=O) groups excluding carboxylic acids is 2. The molecule has 6 heteroatoms. The summed E-state index contributed by atoms with van der Waals surface area (Å²) in [5, 5.41) is 1.04. The molecular weight excluding hydrogens is 404 g/mol. The van der Waals surface area contributed by atoms with Gasteiger partial charge in [-0.15, -0.1) is 0 Å². The number of ether oxygens (including phenoxy) is 2. The van der Waals surface area contributed by atoms with Crippen molar-refractivity contribution in [1.29, 1.82) is 0 Å². The van der Waals surface area contributed by atoms with Gasteiger partial charge in [-0.2, -0.15) is 0 Å². The fourth-order valence-corrected chi connectivity index (χ4v) is 4.74. The number of fused-ring (bicyclic) bond motifs is 1. The number of esters is 1. The van der Waals surface area contributed by atoms with Crippen LogP contribution >= 0.6 is 0 Å². The van der Waals surface area contributed by atoms with Crippen LogP contribution in [0, 0.1) is 5.92 Å². The Balaban J connectivity index is 1.89. The molecule has 0 aliphatic heterocycles. The molecule has 1 aliphatic rings. The number of nitrogens with zero attached hydrogens (tertiary/aromatic N) is 2. The molecule has 0 spiro atoms. The topological polar surface area (TPSA) is 60.8 Å². The predicted octanol–water partition coefficient (Wildman–Crippen LogP) is 5.91. The van der Waals surface area contributed by atoms with Crippen LogP contribution in [0.25, 0.3) is 10.9 Å². The largest absolute Gasteiger partial charge is 0.468 e. The average molecular weight is 443 g/mol. The molecule has 0 saturated heterocycles. The quantitative estimate of drug-likeness (QED) is 0.500. The van der Waals surface area contributed by atoms with E-state index >= 15 is 0 Å². The molecule has 0 N–H and O–H groups in total. The zero-order valence-corrected chi connectivity index (χ0v) is 20.2. The molecule has 1 amide bonds. The van der Waals surface area contributed by atoms with Crippen LogP contribution in [-0.4, -0.2) is 40.3 Å².